The van der Waals surface area contributed by atoms with Crippen LogP contribution in [0.4, 0.5) is 0 Å². The number of nitriles is 1. The van der Waals surface area contributed by atoms with Gasteiger partial charge in [-0.15, -0.1) is 0 Å². The Bertz CT molecular complexity index is 1840. The summed E-state index contributed by atoms with van der Waals surface area (Å²) in [6, 6.07) is 12.9. The highest BCUT2D eigenvalue weighted by atomic mass is 35.5. The van der Waals surface area contributed by atoms with Crippen molar-refractivity contribution in [2.45, 2.75) is 43.6 Å². The summed E-state index contributed by atoms with van der Waals surface area (Å²) in [5, 5.41) is 45.5. The van der Waals surface area contributed by atoms with Gasteiger partial charge in [0, 0.05) is 23.7 Å². The minimum Gasteiger partial charge on any atom is -0.494 e. The first-order valence-corrected chi connectivity index (χ1v) is 12.5. The van der Waals surface area contributed by atoms with Crippen LogP contribution >= 0.6 is 11.6 Å². The van der Waals surface area contributed by atoms with Crippen LogP contribution in [0.2, 0.25) is 5.15 Å². The normalized spacial score (nSPS) is 23.8. The van der Waals surface area contributed by atoms with Crippen LogP contribution in [0.25, 0.3) is 27.6 Å². The molecular formula is C27H21ClN6O4. The van der Waals surface area contributed by atoms with E-state index in [2.05, 4.69) is 21.0 Å². The maximum Gasteiger partial charge on any atom is 0.205 e. The monoisotopic (exact) mass is 528 g/mol. The molecule has 5 aromatic rings. The van der Waals surface area contributed by atoms with Gasteiger partial charge in [0.25, 0.3) is 0 Å². The van der Waals surface area contributed by atoms with Crippen molar-refractivity contribution in [3.05, 3.63) is 70.9 Å². The van der Waals surface area contributed by atoms with Gasteiger partial charge in [-0.1, -0.05) is 35.9 Å². The molecule has 38 heavy (non-hydrogen) atoms. The third kappa shape index (κ3) is 2.81. The summed E-state index contributed by atoms with van der Waals surface area (Å²) in [4.78, 5) is 12.6. The van der Waals surface area contributed by atoms with Crippen LogP contribution in [0.3, 0.4) is 0 Å². The summed E-state index contributed by atoms with van der Waals surface area (Å²) in [6.07, 6.45) is 2.70. The molecule has 11 heteroatoms. The van der Waals surface area contributed by atoms with Crippen LogP contribution in [-0.4, -0.2) is 45.5 Å². The van der Waals surface area contributed by atoms with E-state index in [-0.39, 0.29) is 23.3 Å². The van der Waals surface area contributed by atoms with Gasteiger partial charge >= 0.3 is 0 Å². The number of imidazole rings is 1. The number of halogens is 1. The Balaban J connectivity index is 1.38. The maximum atomic E-state index is 11.6. The Morgan fingerprint density at radius 1 is 1.11 bits per heavy atom. The molecule has 10 nitrogen and oxygen atoms in total. The molecule has 190 valence electrons. The molecule has 0 saturated carbocycles. The Kier molecular flexibility index (Phi) is 4.64. The molecule has 3 aromatic heterocycles. The van der Waals surface area contributed by atoms with E-state index in [1.54, 1.807) is 25.4 Å². The number of nitrogens with zero attached hydrogens (tertiary/aromatic N) is 6. The third-order valence-electron chi connectivity index (χ3n) is 8.01. The van der Waals surface area contributed by atoms with E-state index in [9.17, 15) is 20.6 Å². The van der Waals surface area contributed by atoms with Crippen molar-refractivity contribution in [2.24, 2.45) is 0 Å². The van der Waals surface area contributed by atoms with Crippen LogP contribution in [0, 0.1) is 11.3 Å². The molecule has 3 N–H and O–H groups in total. The van der Waals surface area contributed by atoms with E-state index in [1.807, 2.05) is 28.8 Å². The van der Waals surface area contributed by atoms with Gasteiger partial charge in [-0.05, 0) is 25.5 Å². The second kappa shape index (κ2) is 7.68. The first-order valence-electron chi connectivity index (χ1n) is 12.1. The molecule has 0 unspecified atom stereocenters. The van der Waals surface area contributed by atoms with Crippen molar-refractivity contribution in [1.82, 2.24) is 24.1 Å². The molecule has 5 heterocycles. The van der Waals surface area contributed by atoms with Gasteiger partial charge < -0.3 is 24.6 Å². The Labute approximate surface area is 221 Å². The Morgan fingerprint density at radius 3 is 2.66 bits per heavy atom. The van der Waals surface area contributed by atoms with Crippen molar-refractivity contribution in [3.63, 3.8) is 0 Å². The van der Waals surface area contributed by atoms with Crippen molar-refractivity contribution in [1.29, 1.82) is 5.26 Å². The van der Waals surface area contributed by atoms with Gasteiger partial charge in [-0.3, -0.25) is 4.57 Å². The van der Waals surface area contributed by atoms with Crippen molar-refractivity contribution in [2.75, 3.05) is 0 Å². The number of benzene rings is 2. The molecule has 0 amide bonds. The number of aromatic nitrogens is 5. The number of rotatable bonds is 4. The number of fused-ring (bicyclic) bond motifs is 7. The first kappa shape index (κ1) is 23.0. The van der Waals surface area contributed by atoms with Gasteiger partial charge in [0.05, 0.1) is 40.9 Å². The minimum absolute atomic E-state index is 0.163. The molecule has 1 saturated heterocycles. The van der Waals surface area contributed by atoms with E-state index in [4.69, 9.17) is 16.3 Å². The largest absolute Gasteiger partial charge is 0.494 e. The zero-order valence-corrected chi connectivity index (χ0v) is 20.9. The van der Waals surface area contributed by atoms with Gasteiger partial charge in [-0.25, -0.2) is 15.0 Å². The zero-order valence-electron chi connectivity index (χ0n) is 20.1. The van der Waals surface area contributed by atoms with Gasteiger partial charge in [-0.2, -0.15) is 5.26 Å². The van der Waals surface area contributed by atoms with Crippen LogP contribution in [-0.2, 0) is 22.5 Å². The number of hydrogen-bond acceptors (Lipinski definition) is 8. The molecule has 1 fully saturated rings. The molecule has 7 rings (SSSR count). The lowest BCUT2D eigenvalue weighted by atomic mass is 9.76. The fraction of sp³-hybridized carbons (Fsp3) is 0.259. The predicted octanol–water partition coefficient (Wildman–Crippen LogP) is 4.00. The van der Waals surface area contributed by atoms with Gasteiger partial charge in [0.2, 0.25) is 11.8 Å². The third-order valence-corrected chi connectivity index (χ3v) is 8.29. The van der Waals surface area contributed by atoms with Crippen LogP contribution in [0.5, 0.6) is 11.8 Å². The fourth-order valence-corrected chi connectivity index (χ4v) is 6.42. The lowest BCUT2D eigenvalue weighted by Gasteiger charge is -2.27. The minimum atomic E-state index is -1.22. The van der Waals surface area contributed by atoms with E-state index < -0.39 is 17.3 Å². The molecule has 2 aromatic carbocycles. The topological polar surface area (TPSA) is 142 Å². The van der Waals surface area contributed by atoms with E-state index in [0.717, 1.165) is 0 Å². The fourth-order valence-electron chi connectivity index (χ4n) is 6.24. The molecule has 0 spiro atoms. The number of hydrogen-bond donors (Lipinski definition) is 3. The van der Waals surface area contributed by atoms with E-state index >= 15 is 0 Å². The van der Waals surface area contributed by atoms with Crippen LogP contribution in [0.15, 0.2) is 49.1 Å². The number of aromatic hydroxyl groups is 2. The first-order chi connectivity index (χ1) is 18.3. The molecule has 3 atom stereocenters. The molecule has 0 aliphatic carbocycles. The summed E-state index contributed by atoms with van der Waals surface area (Å²) < 4.78 is 9.66. The molecule has 2 bridgehead atoms. The molecule has 0 radical (unpaired) electrons. The maximum absolute atomic E-state index is 11.6. The molecule has 2 aliphatic rings. The summed E-state index contributed by atoms with van der Waals surface area (Å²) >= 11 is 6.16. The predicted molar refractivity (Wildman–Crippen MR) is 137 cm³/mol. The lowest BCUT2D eigenvalue weighted by molar-refractivity contribution is -0.105. The van der Waals surface area contributed by atoms with Crippen molar-refractivity contribution < 1.29 is 20.1 Å². The Hall–Kier alpha value is -4.17. The number of aryl methyl sites for hydroxylation is 1. The van der Waals surface area contributed by atoms with E-state index in [1.165, 1.54) is 10.9 Å². The molecule has 2 aliphatic heterocycles. The second-order valence-electron chi connectivity index (χ2n) is 9.97. The SMILES string of the molecule is C[C@]12O[C@](CCn3cnc4c(Cl)ncnc43)(C[C@@H]1O)c1c2c(O)n(-c2ccc(C#N)c3ccccc23)c1O. The van der Waals surface area contributed by atoms with Crippen LogP contribution in [0.1, 0.15) is 36.5 Å². The zero-order chi connectivity index (χ0) is 26.4. The van der Waals surface area contributed by atoms with Crippen LogP contribution < -0.4 is 0 Å². The lowest BCUT2D eigenvalue weighted by Crippen LogP contribution is -2.33. The highest BCUT2D eigenvalue weighted by Crippen LogP contribution is 2.65. The smallest absolute Gasteiger partial charge is 0.205 e. The standard InChI is InChI=1S/C27H21ClN6O4/c1-26-18(35)10-27(38-26,8-9-33-13-32-21-22(28)30-12-31-23(21)33)20-19(26)24(36)34(25(20)37)17-7-6-14(11-29)15-4-2-3-5-16(15)17/h2-7,12-13,18,35-37H,8-10H2,1H3/t18-,26-,27+/m0/s1. The summed E-state index contributed by atoms with van der Waals surface area (Å²) in [7, 11) is 0. The number of aliphatic hydroxyl groups excluding tert-OH is 1. The highest BCUT2D eigenvalue weighted by Gasteiger charge is 2.66. The number of aliphatic hydroxyl groups is 1. The van der Waals surface area contributed by atoms with Gasteiger partial charge in [0.1, 0.15) is 23.0 Å². The van der Waals surface area contributed by atoms with Crippen molar-refractivity contribution in [3.8, 4) is 23.5 Å². The quantitative estimate of drug-likeness (QED) is 0.297. The summed E-state index contributed by atoms with van der Waals surface area (Å²) in [6.45, 7) is 2.13. The highest BCUT2D eigenvalue weighted by molar-refractivity contribution is 6.33. The van der Waals surface area contributed by atoms with Gasteiger partial charge in [0.15, 0.2) is 10.8 Å². The average molecular weight is 529 g/mol. The average Bonchev–Trinajstić information content (AvgIpc) is 3.60. The second-order valence-corrected chi connectivity index (χ2v) is 10.3. The Morgan fingerprint density at radius 2 is 1.87 bits per heavy atom. The summed E-state index contributed by atoms with van der Waals surface area (Å²) in [5.41, 5.74) is 0.589. The number of ether oxygens (including phenoxy) is 1. The molecular weight excluding hydrogens is 508 g/mol. The van der Waals surface area contributed by atoms with Crippen molar-refractivity contribution >= 4 is 33.5 Å². The van der Waals surface area contributed by atoms with E-state index in [0.29, 0.717) is 57.3 Å². The summed E-state index contributed by atoms with van der Waals surface area (Å²) in [5.74, 6) is -0.369.